The maximum absolute atomic E-state index is 11.6. The second-order valence-electron chi connectivity index (χ2n) is 3.34. The Balaban J connectivity index is 2.31. The van der Waals surface area contributed by atoms with Gasteiger partial charge in [-0.25, -0.2) is 0 Å². The number of primary amides is 1. The first-order chi connectivity index (χ1) is 8.02. The molecule has 94 valence electrons. The van der Waals surface area contributed by atoms with Gasteiger partial charge in [-0.1, -0.05) is 0 Å². The average Bonchev–Trinajstić information content (AvgIpc) is 2.59. The van der Waals surface area contributed by atoms with E-state index in [4.69, 9.17) is 16.2 Å². The Kier molecular flexibility index (Phi) is 4.46. The minimum atomic E-state index is -0.548. The van der Waals surface area contributed by atoms with Crippen LogP contribution in [0.3, 0.4) is 0 Å². The zero-order valence-electron chi connectivity index (χ0n) is 9.47. The highest BCUT2D eigenvalue weighted by Crippen LogP contribution is 2.08. The number of rotatable bonds is 6. The van der Waals surface area contributed by atoms with Crippen LogP contribution < -0.4 is 16.8 Å². The molecule has 8 nitrogen and oxygen atoms in total. The summed E-state index contributed by atoms with van der Waals surface area (Å²) in [6.07, 6.45) is 1.38. The molecule has 2 amide bonds. The smallest absolute Gasteiger partial charge is 0.256 e. The van der Waals surface area contributed by atoms with Gasteiger partial charge in [-0.05, 0) is 0 Å². The number of aromatic nitrogens is 2. The number of nitrogen functional groups attached to an aromatic ring is 1. The summed E-state index contributed by atoms with van der Waals surface area (Å²) in [7, 11) is 1.64. The van der Waals surface area contributed by atoms with E-state index in [1.807, 2.05) is 0 Å². The second kappa shape index (κ2) is 5.85. The molecule has 1 aromatic heterocycles. The van der Waals surface area contributed by atoms with Gasteiger partial charge in [0, 0.05) is 13.6 Å². The topological polar surface area (TPSA) is 125 Å². The van der Waals surface area contributed by atoms with E-state index in [-0.39, 0.29) is 25.7 Å². The van der Waals surface area contributed by atoms with E-state index < -0.39 is 5.91 Å². The van der Waals surface area contributed by atoms with Crippen LogP contribution in [0.5, 0.6) is 0 Å². The van der Waals surface area contributed by atoms with Gasteiger partial charge in [0.1, 0.15) is 18.0 Å². The molecule has 0 saturated heterocycles. The van der Waals surface area contributed by atoms with Crippen molar-refractivity contribution in [3.63, 3.8) is 0 Å². The third kappa shape index (κ3) is 3.76. The monoisotopic (exact) mass is 241 g/mol. The van der Waals surface area contributed by atoms with Gasteiger partial charge in [0.25, 0.3) is 5.91 Å². The Morgan fingerprint density at radius 3 is 2.82 bits per heavy atom. The zero-order valence-corrected chi connectivity index (χ0v) is 9.47. The highest BCUT2D eigenvalue weighted by atomic mass is 16.5. The SMILES string of the molecule is Cn1ncc(C(=O)NCCOCC(N)=O)c1N. The van der Waals surface area contributed by atoms with E-state index in [0.717, 1.165) is 0 Å². The molecule has 8 heteroatoms. The molecule has 1 rings (SSSR count). The molecule has 5 N–H and O–H groups in total. The van der Waals surface area contributed by atoms with E-state index in [2.05, 4.69) is 10.4 Å². The van der Waals surface area contributed by atoms with E-state index in [9.17, 15) is 9.59 Å². The summed E-state index contributed by atoms with van der Waals surface area (Å²) in [4.78, 5) is 21.9. The number of nitrogens with two attached hydrogens (primary N) is 2. The summed E-state index contributed by atoms with van der Waals surface area (Å²) >= 11 is 0. The fourth-order valence-electron chi connectivity index (χ4n) is 1.13. The summed E-state index contributed by atoms with van der Waals surface area (Å²) in [5.41, 5.74) is 10.8. The lowest BCUT2D eigenvalue weighted by molar-refractivity contribution is -0.122. The van der Waals surface area contributed by atoms with Gasteiger partial charge in [-0.3, -0.25) is 14.3 Å². The number of nitrogens with one attached hydrogen (secondary N) is 1. The predicted molar refractivity (Wildman–Crippen MR) is 60.0 cm³/mol. The van der Waals surface area contributed by atoms with Crippen LogP contribution in [0.4, 0.5) is 5.82 Å². The molecule has 0 aliphatic carbocycles. The van der Waals surface area contributed by atoms with Crippen molar-refractivity contribution in [2.45, 2.75) is 0 Å². The number of hydrogen-bond acceptors (Lipinski definition) is 5. The van der Waals surface area contributed by atoms with E-state index in [0.29, 0.717) is 11.4 Å². The lowest BCUT2D eigenvalue weighted by atomic mass is 10.3. The Labute approximate surface area is 97.9 Å². The number of amides is 2. The van der Waals surface area contributed by atoms with Crippen molar-refractivity contribution in [3.8, 4) is 0 Å². The lowest BCUT2D eigenvalue weighted by Gasteiger charge is -2.04. The number of carbonyl (C=O) groups is 2. The summed E-state index contributed by atoms with van der Waals surface area (Å²) < 4.78 is 6.28. The molecule has 0 saturated carbocycles. The van der Waals surface area contributed by atoms with Crippen LogP contribution in [0, 0.1) is 0 Å². The molecular formula is C9H15N5O3. The highest BCUT2D eigenvalue weighted by Gasteiger charge is 2.12. The van der Waals surface area contributed by atoms with Crippen LogP contribution in [0.2, 0.25) is 0 Å². The fourth-order valence-corrected chi connectivity index (χ4v) is 1.13. The summed E-state index contributed by atoms with van der Waals surface area (Å²) in [6.45, 7) is 0.306. The van der Waals surface area contributed by atoms with E-state index in [1.54, 1.807) is 7.05 Å². The van der Waals surface area contributed by atoms with Gasteiger partial charge in [-0.15, -0.1) is 0 Å². The first-order valence-electron chi connectivity index (χ1n) is 4.94. The predicted octanol–water partition coefficient (Wildman–Crippen LogP) is -1.77. The average molecular weight is 241 g/mol. The van der Waals surface area contributed by atoms with Crippen LogP contribution in [0.1, 0.15) is 10.4 Å². The molecule has 1 aromatic rings. The number of ether oxygens (including phenoxy) is 1. The third-order valence-corrected chi connectivity index (χ3v) is 2.01. The van der Waals surface area contributed by atoms with Gasteiger partial charge in [0.05, 0.1) is 12.8 Å². The van der Waals surface area contributed by atoms with E-state index in [1.165, 1.54) is 10.9 Å². The molecule has 0 aliphatic rings. The summed E-state index contributed by atoms with van der Waals surface area (Å²) in [5.74, 6) is -0.591. The largest absolute Gasteiger partial charge is 0.383 e. The van der Waals surface area contributed by atoms with Crippen LogP contribution in [0.25, 0.3) is 0 Å². The molecular weight excluding hydrogens is 226 g/mol. The van der Waals surface area contributed by atoms with Crippen molar-refractivity contribution in [1.29, 1.82) is 0 Å². The number of nitrogens with zero attached hydrogens (tertiary/aromatic N) is 2. The Bertz CT molecular complexity index is 415. The van der Waals surface area contributed by atoms with Gasteiger partial charge < -0.3 is 21.5 Å². The van der Waals surface area contributed by atoms with Crippen LogP contribution in [-0.4, -0.2) is 41.4 Å². The molecule has 1 heterocycles. The minimum Gasteiger partial charge on any atom is -0.383 e. The van der Waals surface area contributed by atoms with Crippen molar-refractivity contribution < 1.29 is 14.3 Å². The highest BCUT2D eigenvalue weighted by molar-refractivity contribution is 5.98. The molecule has 0 atom stereocenters. The Morgan fingerprint density at radius 1 is 1.59 bits per heavy atom. The zero-order chi connectivity index (χ0) is 12.8. The van der Waals surface area contributed by atoms with Gasteiger partial charge >= 0.3 is 0 Å². The van der Waals surface area contributed by atoms with Crippen LogP contribution in [-0.2, 0) is 16.6 Å². The van der Waals surface area contributed by atoms with Gasteiger partial charge in [-0.2, -0.15) is 5.10 Å². The molecule has 0 aromatic carbocycles. The third-order valence-electron chi connectivity index (χ3n) is 2.01. The lowest BCUT2D eigenvalue weighted by Crippen LogP contribution is -2.29. The van der Waals surface area contributed by atoms with Crippen molar-refractivity contribution in [2.75, 3.05) is 25.5 Å². The van der Waals surface area contributed by atoms with Gasteiger partial charge in [0.2, 0.25) is 5.91 Å². The Morgan fingerprint density at radius 2 is 2.29 bits per heavy atom. The summed E-state index contributed by atoms with van der Waals surface area (Å²) in [6, 6.07) is 0. The van der Waals surface area contributed by atoms with E-state index >= 15 is 0 Å². The maximum Gasteiger partial charge on any atom is 0.256 e. The second-order valence-corrected chi connectivity index (χ2v) is 3.34. The summed E-state index contributed by atoms with van der Waals surface area (Å²) in [5, 5.41) is 6.42. The van der Waals surface area contributed by atoms with Gasteiger partial charge in [0.15, 0.2) is 0 Å². The number of carbonyl (C=O) groups excluding carboxylic acids is 2. The fraction of sp³-hybridized carbons (Fsp3) is 0.444. The number of anilines is 1. The van der Waals surface area contributed by atoms with Crippen molar-refractivity contribution >= 4 is 17.6 Å². The first-order valence-corrected chi connectivity index (χ1v) is 4.94. The van der Waals surface area contributed by atoms with Crippen molar-refractivity contribution in [1.82, 2.24) is 15.1 Å². The normalized spacial score (nSPS) is 10.2. The van der Waals surface area contributed by atoms with Crippen molar-refractivity contribution in [3.05, 3.63) is 11.8 Å². The maximum atomic E-state index is 11.6. The van der Waals surface area contributed by atoms with Crippen LogP contribution in [0.15, 0.2) is 6.20 Å². The van der Waals surface area contributed by atoms with Crippen LogP contribution >= 0.6 is 0 Å². The number of hydrogen-bond donors (Lipinski definition) is 3. The minimum absolute atomic E-state index is 0.162. The molecule has 17 heavy (non-hydrogen) atoms. The molecule has 0 fully saturated rings. The standard InChI is InChI=1S/C9H15N5O3/c1-14-8(11)6(4-13-14)9(16)12-2-3-17-5-7(10)15/h4H,2-3,5,11H2,1H3,(H2,10,15)(H,12,16). The number of aryl methyl sites for hydroxylation is 1. The van der Waals surface area contributed by atoms with Crippen molar-refractivity contribution in [2.24, 2.45) is 12.8 Å². The molecule has 0 spiro atoms. The molecule has 0 bridgehead atoms. The molecule has 0 radical (unpaired) electrons. The quantitative estimate of drug-likeness (QED) is 0.508. The first kappa shape index (κ1) is 13.0. The molecule has 0 aliphatic heterocycles. The Hall–Kier alpha value is -2.09. The molecule has 0 unspecified atom stereocenters.